The Hall–Kier alpha value is -1.43. The minimum absolute atomic E-state index is 0.0537. The second-order valence-electron chi connectivity index (χ2n) is 4.90. The number of aryl methyl sites for hydroxylation is 1. The molecule has 20 heavy (non-hydrogen) atoms. The molecular weight excluding hydrogens is 256 g/mol. The van der Waals surface area contributed by atoms with Crippen LogP contribution in [-0.2, 0) is 14.3 Å². The van der Waals surface area contributed by atoms with Gasteiger partial charge in [-0.25, -0.2) is 0 Å². The van der Waals surface area contributed by atoms with Crippen molar-refractivity contribution in [1.82, 2.24) is 0 Å². The topological polar surface area (TPSA) is 64.8 Å². The van der Waals surface area contributed by atoms with Crippen molar-refractivity contribution in [2.24, 2.45) is 5.73 Å². The standard InChI is InChI=1S/C15H22N2O3/c1-12-3-5-13(6-4-12)17(8-2-7-16)15(18)14-11-19-9-10-20-14/h3-6,14H,2,7-11,16H2,1H3. The number of nitrogens with zero attached hydrogens (tertiary/aromatic N) is 1. The Kier molecular flexibility index (Phi) is 5.52. The van der Waals surface area contributed by atoms with Gasteiger partial charge in [0.05, 0.1) is 19.8 Å². The van der Waals surface area contributed by atoms with Crippen molar-refractivity contribution in [2.45, 2.75) is 19.4 Å². The van der Waals surface area contributed by atoms with Crippen molar-refractivity contribution in [3.8, 4) is 0 Å². The number of carbonyl (C=O) groups is 1. The summed E-state index contributed by atoms with van der Waals surface area (Å²) < 4.78 is 10.8. The van der Waals surface area contributed by atoms with Crippen LogP contribution in [0.15, 0.2) is 24.3 Å². The smallest absolute Gasteiger partial charge is 0.258 e. The lowest BCUT2D eigenvalue weighted by Gasteiger charge is -2.29. The first kappa shape index (κ1) is 15.0. The van der Waals surface area contributed by atoms with Gasteiger partial charge in [-0.2, -0.15) is 0 Å². The first-order chi connectivity index (χ1) is 9.72. The van der Waals surface area contributed by atoms with Crippen molar-refractivity contribution in [2.75, 3.05) is 37.8 Å². The van der Waals surface area contributed by atoms with Gasteiger partial charge in [0, 0.05) is 12.2 Å². The Balaban J connectivity index is 2.13. The summed E-state index contributed by atoms with van der Waals surface area (Å²) in [5.74, 6) is -0.0537. The molecule has 1 aliphatic heterocycles. The van der Waals surface area contributed by atoms with Crippen LogP contribution in [0.25, 0.3) is 0 Å². The number of carbonyl (C=O) groups excluding carboxylic acids is 1. The highest BCUT2D eigenvalue weighted by Gasteiger charge is 2.28. The fraction of sp³-hybridized carbons (Fsp3) is 0.533. The number of nitrogens with two attached hydrogens (primary N) is 1. The summed E-state index contributed by atoms with van der Waals surface area (Å²) in [5.41, 5.74) is 7.61. The van der Waals surface area contributed by atoms with Crippen LogP contribution in [0.5, 0.6) is 0 Å². The molecule has 2 rings (SSSR count). The summed E-state index contributed by atoms with van der Waals surface area (Å²) >= 11 is 0. The SMILES string of the molecule is Cc1ccc(N(CCCN)C(=O)C2COCCO2)cc1. The molecule has 5 heteroatoms. The molecule has 0 radical (unpaired) electrons. The van der Waals surface area contributed by atoms with Crippen LogP contribution >= 0.6 is 0 Å². The van der Waals surface area contributed by atoms with E-state index in [9.17, 15) is 4.79 Å². The summed E-state index contributed by atoms with van der Waals surface area (Å²) in [7, 11) is 0. The molecule has 0 bridgehead atoms. The van der Waals surface area contributed by atoms with Crippen LogP contribution in [0.1, 0.15) is 12.0 Å². The van der Waals surface area contributed by atoms with E-state index in [1.54, 1.807) is 4.90 Å². The van der Waals surface area contributed by atoms with E-state index in [4.69, 9.17) is 15.2 Å². The van der Waals surface area contributed by atoms with E-state index in [1.807, 2.05) is 31.2 Å². The minimum atomic E-state index is -0.511. The van der Waals surface area contributed by atoms with E-state index in [2.05, 4.69) is 0 Å². The van der Waals surface area contributed by atoms with Crippen molar-refractivity contribution in [3.63, 3.8) is 0 Å². The molecule has 1 heterocycles. The first-order valence-electron chi connectivity index (χ1n) is 7.00. The van der Waals surface area contributed by atoms with E-state index in [1.165, 1.54) is 0 Å². The zero-order valence-corrected chi connectivity index (χ0v) is 11.9. The number of ether oxygens (including phenoxy) is 2. The van der Waals surface area contributed by atoms with Crippen LogP contribution in [-0.4, -0.2) is 44.9 Å². The Morgan fingerprint density at radius 1 is 1.35 bits per heavy atom. The van der Waals surface area contributed by atoms with Crippen LogP contribution in [0.4, 0.5) is 5.69 Å². The largest absolute Gasteiger partial charge is 0.376 e. The molecule has 1 aromatic rings. The van der Waals surface area contributed by atoms with Crippen molar-refractivity contribution >= 4 is 11.6 Å². The Bertz CT molecular complexity index is 427. The molecule has 2 N–H and O–H groups in total. The zero-order valence-electron chi connectivity index (χ0n) is 11.9. The number of amides is 1. The van der Waals surface area contributed by atoms with Gasteiger partial charge < -0.3 is 20.1 Å². The molecule has 1 saturated heterocycles. The lowest BCUT2D eigenvalue weighted by atomic mass is 10.2. The van der Waals surface area contributed by atoms with Gasteiger partial charge in [0.2, 0.25) is 0 Å². The summed E-state index contributed by atoms with van der Waals surface area (Å²) in [6.07, 6.45) is 0.246. The molecule has 0 aromatic heterocycles. The highest BCUT2D eigenvalue weighted by molar-refractivity contribution is 5.96. The molecule has 0 aliphatic carbocycles. The lowest BCUT2D eigenvalue weighted by Crippen LogP contribution is -2.46. The third kappa shape index (κ3) is 3.79. The van der Waals surface area contributed by atoms with Gasteiger partial charge in [0.1, 0.15) is 0 Å². The van der Waals surface area contributed by atoms with Crippen LogP contribution in [0.3, 0.4) is 0 Å². The van der Waals surface area contributed by atoms with E-state index in [0.717, 1.165) is 17.7 Å². The summed E-state index contributed by atoms with van der Waals surface area (Å²) in [5, 5.41) is 0. The van der Waals surface area contributed by atoms with Crippen molar-refractivity contribution in [1.29, 1.82) is 0 Å². The molecule has 1 atom stereocenters. The van der Waals surface area contributed by atoms with Gasteiger partial charge in [-0.05, 0) is 32.0 Å². The third-order valence-electron chi connectivity index (χ3n) is 3.29. The quantitative estimate of drug-likeness (QED) is 0.875. The lowest BCUT2D eigenvalue weighted by molar-refractivity contribution is -0.144. The highest BCUT2D eigenvalue weighted by Crippen LogP contribution is 2.18. The van der Waals surface area contributed by atoms with Crippen molar-refractivity contribution in [3.05, 3.63) is 29.8 Å². The van der Waals surface area contributed by atoms with Crippen LogP contribution < -0.4 is 10.6 Å². The maximum atomic E-state index is 12.6. The first-order valence-corrected chi connectivity index (χ1v) is 7.00. The van der Waals surface area contributed by atoms with Crippen molar-refractivity contribution < 1.29 is 14.3 Å². The summed E-state index contributed by atoms with van der Waals surface area (Å²) in [6, 6.07) is 7.90. The van der Waals surface area contributed by atoms with E-state index >= 15 is 0 Å². The minimum Gasteiger partial charge on any atom is -0.376 e. The molecule has 0 spiro atoms. The normalized spacial score (nSPS) is 18.8. The Morgan fingerprint density at radius 2 is 2.10 bits per heavy atom. The molecule has 110 valence electrons. The van der Waals surface area contributed by atoms with E-state index < -0.39 is 6.10 Å². The third-order valence-corrected chi connectivity index (χ3v) is 3.29. The number of anilines is 1. The molecule has 5 nitrogen and oxygen atoms in total. The predicted molar refractivity (Wildman–Crippen MR) is 77.8 cm³/mol. The average molecular weight is 278 g/mol. The second kappa shape index (κ2) is 7.38. The molecule has 1 fully saturated rings. The van der Waals surface area contributed by atoms with Gasteiger partial charge in [0.15, 0.2) is 6.10 Å². The molecule has 1 aliphatic rings. The van der Waals surface area contributed by atoms with Gasteiger partial charge in [0.25, 0.3) is 5.91 Å². The molecule has 1 amide bonds. The molecule has 1 aromatic carbocycles. The summed E-state index contributed by atoms with van der Waals surface area (Å²) in [4.78, 5) is 14.3. The number of hydrogen-bond donors (Lipinski definition) is 1. The number of rotatable bonds is 5. The van der Waals surface area contributed by atoms with Gasteiger partial charge in [-0.15, -0.1) is 0 Å². The highest BCUT2D eigenvalue weighted by atomic mass is 16.6. The van der Waals surface area contributed by atoms with Crippen LogP contribution in [0.2, 0.25) is 0 Å². The van der Waals surface area contributed by atoms with E-state index in [-0.39, 0.29) is 5.91 Å². The Labute approximate surface area is 119 Å². The van der Waals surface area contributed by atoms with E-state index in [0.29, 0.717) is 32.9 Å². The van der Waals surface area contributed by atoms with Gasteiger partial charge in [-0.3, -0.25) is 4.79 Å². The molecular formula is C15H22N2O3. The number of hydrogen-bond acceptors (Lipinski definition) is 4. The predicted octanol–water partition coefficient (Wildman–Crippen LogP) is 1.09. The average Bonchev–Trinajstić information content (AvgIpc) is 2.50. The molecule has 0 saturated carbocycles. The van der Waals surface area contributed by atoms with Gasteiger partial charge >= 0.3 is 0 Å². The monoisotopic (exact) mass is 278 g/mol. The van der Waals surface area contributed by atoms with Crippen LogP contribution in [0, 0.1) is 6.92 Å². The fourth-order valence-electron chi connectivity index (χ4n) is 2.14. The maximum Gasteiger partial charge on any atom is 0.258 e. The van der Waals surface area contributed by atoms with Gasteiger partial charge in [-0.1, -0.05) is 17.7 Å². The Morgan fingerprint density at radius 3 is 2.70 bits per heavy atom. The summed E-state index contributed by atoms with van der Waals surface area (Å²) in [6.45, 7) is 4.51. The zero-order chi connectivity index (χ0) is 14.4. The fourth-order valence-corrected chi connectivity index (χ4v) is 2.14. The number of benzene rings is 1. The molecule has 1 unspecified atom stereocenters. The second-order valence-corrected chi connectivity index (χ2v) is 4.90. The maximum absolute atomic E-state index is 12.6.